The third kappa shape index (κ3) is 6.15. The van der Waals surface area contributed by atoms with Gasteiger partial charge in [-0.2, -0.15) is 5.10 Å². The van der Waals surface area contributed by atoms with Crippen molar-refractivity contribution in [2.45, 2.75) is 26.4 Å². The summed E-state index contributed by atoms with van der Waals surface area (Å²) in [6.45, 7) is 5.64. The van der Waals surface area contributed by atoms with Gasteiger partial charge in [0.15, 0.2) is 17.4 Å². The smallest absolute Gasteiger partial charge is 0.238 e. The van der Waals surface area contributed by atoms with Crippen molar-refractivity contribution in [2.24, 2.45) is 7.05 Å². The summed E-state index contributed by atoms with van der Waals surface area (Å²) in [5, 5.41) is 11.7. The third-order valence-electron chi connectivity index (χ3n) is 8.13. The summed E-state index contributed by atoms with van der Waals surface area (Å²) in [6, 6.07) is 17.6. The lowest BCUT2D eigenvalue weighted by Gasteiger charge is -2.17. The quantitative estimate of drug-likeness (QED) is 0.199. The largest absolute Gasteiger partial charge is 0.486 e. The number of nitrogens with one attached hydrogen (secondary N) is 3. The van der Waals surface area contributed by atoms with Crippen LogP contribution >= 0.6 is 0 Å². The molecule has 7 rings (SSSR count). The fourth-order valence-corrected chi connectivity index (χ4v) is 5.70. The maximum atomic E-state index is 13.2. The first kappa shape index (κ1) is 29.1. The Labute approximate surface area is 265 Å². The maximum Gasteiger partial charge on any atom is 0.238 e. The van der Waals surface area contributed by atoms with Crippen LogP contribution in [-0.2, 0) is 11.8 Å². The number of aryl methyl sites for hydroxylation is 3. The van der Waals surface area contributed by atoms with Gasteiger partial charge in [0.1, 0.15) is 6.10 Å². The number of rotatable bonds is 9. The van der Waals surface area contributed by atoms with Crippen LogP contribution in [0, 0.1) is 13.8 Å². The predicted molar refractivity (Wildman–Crippen MR) is 177 cm³/mol. The van der Waals surface area contributed by atoms with Gasteiger partial charge in [-0.15, -0.1) is 0 Å². The Morgan fingerprint density at radius 3 is 2.65 bits per heavy atom. The van der Waals surface area contributed by atoms with Gasteiger partial charge < -0.3 is 20.4 Å². The van der Waals surface area contributed by atoms with E-state index < -0.39 is 0 Å². The van der Waals surface area contributed by atoms with Crippen molar-refractivity contribution in [2.75, 3.05) is 30.3 Å². The number of hydrogen-bond donors (Lipinski definition) is 3. The van der Waals surface area contributed by atoms with Crippen LogP contribution in [0.3, 0.4) is 0 Å². The number of ether oxygens (including phenoxy) is 1. The van der Waals surface area contributed by atoms with Gasteiger partial charge in [-0.1, -0.05) is 42.5 Å². The van der Waals surface area contributed by atoms with Crippen molar-refractivity contribution in [3.05, 3.63) is 90.6 Å². The van der Waals surface area contributed by atoms with Crippen LogP contribution in [0.15, 0.2) is 79.4 Å². The van der Waals surface area contributed by atoms with E-state index in [1.165, 1.54) is 0 Å². The molecule has 46 heavy (non-hydrogen) atoms. The molecule has 3 N–H and O–H groups in total. The van der Waals surface area contributed by atoms with Crippen molar-refractivity contribution >= 4 is 34.3 Å². The summed E-state index contributed by atoms with van der Waals surface area (Å²) in [4.78, 5) is 36.8. The fraction of sp³-hybridized carbons (Fsp3) is 0.235. The van der Waals surface area contributed by atoms with Crippen LogP contribution < -0.4 is 15.4 Å². The summed E-state index contributed by atoms with van der Waals surface area (Å²) >= 11 is 0. The molecule has 0 aliphatic carbocycles. The number of para-hydroxylation sites is 1. The molecule has 0 bridgehead atoms. The number of aromatic amines is 1. The summed E-state index contributed by atoms with van der Waals surface area (Å²) in [7, 11) is 1.89. The Bertz CT molecular complexity index is 1980. The zero-order chi connectivity index (χ0) is 31.6. The van der Waals surface area contributed by atoms with Gasteiger partial charge >= 0.3 is 0 Å². The van der Waals surface area contributed by atoms with E-state index in [2.05, 4.69) is 40.6 Å². The fourth-order valence-electron chi connectivity index (χ4n) is 5.70. The lowest BCUT2D eigenvalue weighted by Crippen LogP contribution is -2.33. The highest BCUT2D eigenvalue weighted by atomic mass is 16.5. The number of amides is 1. The Morgan fingerprint density at radius 1 is 1.04 bits per heavy atom. The summed E-state index contributed by atoms with van der Waals surface area (Å²) in [5.74, 6) is 2.34. The zero-order valence-corrected chi connectivity index (χ0v) is 25.9. The lowest BCUT2D eigenvalue weighted by atomic mass is 10.1. The highest BCUT2D eigenvalue weighted by Crippen LogP contribution is 2.33. The number of carbonyl (C=O) groups is 1. The molecule has 0 radical (unpaired) electrons. The molecule has 5 heterocycles. The van der Waals surface area contributed by atoms with Crippen LogP contribution in [0.1, 0.15) is 17.7 Å². The molecule has 1 unspecified atom stereocenters. The number of aromatic nitrogens is 7. The summed E-state index contributed by atoms with van der Waals surface area (Å²) in [5.41, 5.74) is 6.18. The molecular weight excluding hydrogens is 580 g/mol. The van der Waals surface area contributed by atoms with E-state index in [1.54, 1.807) is 23.3 Å². The number of anilines is 3. The second kappa shape index (κ2) is 12.4. The van der Waals surface area contributed by atoms with E-state index in [-0.39, 0.29) is 18.6 Å². The van der Waals surface area contributed by atoms with E-state index in [0.717, 1.165) is 51.9 Å². The van der Waals surface area contributed by atoms with Gasteiger partial charge in [-0.25, -0.2) is 19.9 Å². The van der Waals surface area contributed by atoms with Crippen LogP contribution in [0.2, 0.25) is 0 Å². The van der Waals surface area contributed by atoms with Gasteiger partial charge in [0.05, 0.1) is 35.8 Å². The topological polar surface area (TPSA) is 139 Å². The second-order valence-corrected chi connectivity index (χ2v) is 11.5. The van der Waals surface area contributed by atoms with E-state index in [0.29, 0.717) is 35.6 Å². The molecule has 1 saturated heterocycles. The number of fused-ring (bicyclic) bond motifs is 1. The van der Waals surface area contributed by atoms with E-state index in [1.807, 2.05) is 81.7 Å². The Kier molecular flexibility index (Phi) is 7.85. The molecule has 1 aliphatic rings. The molecule has 0 spiro atoms. The highest BCUT2D eigenvalue weighted by molar-refractivity contribution is 6.06. The van der Waals surface area contributed by atoms with Crippen molar-refractivity contribution < 1.29 is 9.53 Å². The average Bonchev–Trinajstić information content (AvgIpc) is 3.77. The van der Waals surface area contributed by atoms with Gasteiger partial charge in [0.25, 0.3) is 0 Å². The van der Waals surface area contributed by atoms with Crippen LogP contribution in [0.5, 0.6) is 5.75 Å². The lowest BCUT2D eigenvalue weighted by molar-refractivity contribution is -0.117. The Balaban J connectivity index is 0.989. The standard InChI is InChI=1S/C34H34N10O2/c1-21-15-38-34(40-29-14-22(2)43(3)42-29)41-31(21)27-18-35-32-26(27)10-7-11-28(32)39-30(45)20-44-13-12-24(19-44)46-25-16-36-33(37-17-25)23-8-5-4-6-9-23/h4-11,14-18,24,35H,12-13,19-20H2,1-3H3,(H,39,45)(H,38,40,41,42). The first-order valence-electron chi connectivity index (χ1n) is 15.2. The molecular formula is C34H34N10O2. The molecule has 6 aromatic rings. The molecule has 1 atom stereocenters. The van der Waals surface area contributed by atoms with Gasteiger partial charge in [0.2, 0.25) is 11.9 Å². The number of carbonyl (C=O) groups excluding carboxylic acids is 1. The first-order valence-corrected chi connectivity index (χ1v) is 15.2. The minimum atomic E-state index is -0.0878. The summed E-state index contributed by atoms with van der Waals surface area (Å²) in [6.07, 6.45) is 7.91. The highest BCUT2D eigenvalue weighted by Gasteiger charge is 2.26. The molecule has 12 heteroatoms. The van der Waals surface area contributed by atoms with Gasteiger partial charge in [-0.3, -0.25) is 14.4 Å². The predicted octanol–water partition coefficient (Wildman–Crippen LogP) is 5.27. The first-order chi connectivity index (χ1) is 22.4. The van der Waals surface area contributed by atoms with E-state index in [9.17, 15) is 4.79 Å². The molecule has 1 fully saturated rings. The van der Waals surface area contributed by atoms with E-state index >= 15 is 0 Å². The molecule has 1 amide bonds. The molecule has 2 aromatic carbocycles. The van der Waals surface area contributed by atoms with Crippen LogP contribution in [0.4, 0.5) is 17.5 Å². The molecule has 4 aromatic heterocycles. The molecule has 0 saturated carbocycles. The minimum absolute atomic E-state index is 0.0365. The zero-order valence-electron chi connectivity index (χ0n) is 25.9. The van der Waals surface area contributed by atoms with Crippen molar-refractivity contribution in [1.82, 2.24) is 39.6 Å². The maximum absolute atomic E-state index is 13.2. The molecule has 1 aliphatic heterocycles. The summed E-state index contributed by atoms with van der Waals surface area (Å²) < 4.78 is 7.93. The van der Waals surface area contributed by atoms with Crippen molar-refractivity contribution in [1.29, 1.82) is 0 Å². The van der Waals surface area contributed by atoms with E-state index in [4.69, 9.17) is 9.72 Å². The van der Waals surface area contributed by atoms with Gasteiger partial charge in [-0.05, 0) is 31.9 Å². The minimum Gasteiger partial charge on any atom is -0.486 e. The van der Waals surface area contributed by atoms with Crippen molar-refractivity contribution in [3.8, 4) is 28.4 Å². The molecule has 232 valence electrons. The molecule has 12 nitrogen and oxygen atoms in total. The number of benzene rings is 2. The average molecular weight is 615 g/mol. The normalized spacial score (nSPS) is 14.9. The van der Waals surface area contributed by atoms with Gasteiger partial charge in [0, 0.05) is 60.8 Å². The number of likely N-dealkylation sites (tertiary alicyclic amines) is 1. The van der Waals surface area contributed by atoms with Crippen LogP contribution in [0.25, 0.3) is 33.5 Å². The Hall–Kier alpha value is -5.62. The monoisotopic (exact) mass is 614 g/mol. The number of hydrogen-bond acceptors (Lipinski definition) is 9. The Morgan fingerprint density at radius 2 is 1.87 bits per heavy atom. The SMILES string of the molecule is Cc1cnc(Nc2cc(C)n(C)n2)nc1-c1c[nH]c2c(NC(=O)CN3CCC(Oc4cnc(-c5ccccc5)nc4)C3)cccc12. The second-order valence-electron chi connectivity index (χ2n) is 11.5. The van der Waals surface area contributed by atoms with Crippen LogP contribution in [-0.4, -0.2) is 71.2 Å². The number of nitrogens with zero attached hydrogens (tertiary/aromatic N) is 7. The van der Waals surface area contributed by atoms with Crippen molar-refractivity contribution in [3.63, 3.8) is 0 Å². The third-order valence-corrected chi connectivity index (χ3v) is 8.13. The number of H-pyrrole nitrogens is 1.